The number of nitrogens with zero attached hydrogens (tertiary/aromatic N) is 2. The molecule has 0 radical (unpaired) electrons. The van der Waals surface area contributed by atoms with Crippen LogP contribution in [-0.2, 0) is 9.59 Å². The number of hydrogen-bond donors (Lipinski definition) is 3. The number of amides is 2. The van der Waals surface area contributed by atoms with E-state index in [9.17, 15) is 9.59 Å². The van der Waals surface area contributed by atoms with Crippen molar-refractivity contribution in [3.63, 3.8) is 0 Å². The Bertz CT molecular complexity index is 913. The Labute approximate surface area is 151 Å². The van der Waals surface area contributed by atoms with Crippen molar-refractivity contribution >= 4 is 39.9 Å². The summed E-state index contributed by atoms with van der Waals surface area (Å²) in [5.41, 5.74) is 3.75. The van der Waals surface area contributed by atoms with Gasteiger partial charge in [-0.25, -0.2) is 4.98 Å². The normalized spacial score (nSPS) is 10.5. The lowest BCUT2D eigenvalue weighted by Crippen LogP contribution is -2.29. The molecule has 0 saturated heterocycles. The molecule has 7 heteroatoms. The average molecular weight is 351 g/mol. The average Bonchev–Trinajstić information content (AvgIpc) is 3.12. The molecule has 2 aromatic carbocycles. The number of imidazole rings is 1. The maximum atomic E-state index is 12.1. The highest BCUT2D eigenvalue weighted by Crippen LogP contribution is 2.18. The molecular formula is C19H21N5O2. The van der Waals surface area contributed by atoms with Crippen LogP contribution in [0.4, 0.5) is 17.1 Å². The van der Waals surface area contributed by atoms with Crippen LogP contribution in [0.25, 0.3) is 11.0 Å². The number of H-pyrrole nitrogens is 1. The number of benzene rings is 2. The second-order valence-corrected chi connectivity index (χ2v) is 5.76. The minimum atomic E-state index is -0.725. The molecule has 0 bridgehead atoms. The van der Waals surface area contributed by atoms with Gasteiger partial charge in [0, 0.05) is 30.2 Å². The summed E-state index contributed by atoms with van der Waals surface area (Å²) in [7, 11) is 0. The Hall–Kier alpha value is -3.35. The summed E-state index contributed by atoms with van der Waals surface area (Å²) in [6, 6.07) is 12.6. The fraction of sp³-hybridized carbons (Fsp3) is 0.211. The van der Waals surface area contributed by atoms with Crippen molar-refractivity contribution in [3.8, 4) is 0 Å². The van der Waals surface area contributed by atoms with Crippen molar-refractivity contribution in [3.05, 3.63) is 48.8 Å². The van der Waals surface area contributed by atoms with Gasteiger partial charge in [0.1, 0.15) is 0 Å². The number of aromatic nitrogens is 2. The standard InChI is InChI=1S/C19H21N5O2/c1-3-24(4-2)15-8-5-13(6-9-15)22-18(25)19(26)23-14-7-10-16-17(11-14)21-12-20-16/h5-12H,3-4H2,1-2H3,(H,20,21)(H,22,25)(H,23,26). The minimum Gasteiger partial charge on any atom is -0.372 e. The van der Waals surface area contributed by atoms with Crippen molar-refractivity contribution in [2.24, 2.45) is 0 Å². The lowest BCUT2D eigenvalue weighted by Gasteiger charge is -2.21. The third kappa shape index (κ3) is 3.83. The second-order valence-electron chi connectivity index (χ2n) is 5.76. The highest BCUT2D eigenvalue weighted by molar-refractivity contribution is 6.43. The monoisotopic (exact) mass is 351 g/mol. The predicted molar refractivity (Wildman–Crippen MR) is 103 cm³/mol. The lowest BCUT2D eigenvalue weighted by atomic mass is 10.2. The van der Waals surface area contributed by atoms with E-state index in [2.05, 4.69) is 39.3 Å². The van der Waals surface area contributed by atoms with Gasteiger partial charge in [-0.05, 0) is 56.3 Å². The first kappa shape index (κ1) is 17.5. The van der Waals surface area contributed by atoms with Gasteiger partial charge in [-0.3, -0.25) is 9.59 Å². The Morgan fingerprint density at radius 3 is 2.23 bits per heavy atom. The van der Waals surface area contributed by atoms with E-state index in [1.165, 1.54) is 0 Å². The van der Waals surface area contributed by atoms with Crippen molar-refractivity contribution in [1.29, 1.82) is 0 Å². The molecule has 3 N–H and O–H groups in total. The number of hydrogen-bond acceptors (Lipinski definition) is 4. The van der Waals surface area contributed by atoms with Gasteiger partial charge in [0.15, 0.2) is 0 Å². The maximum Gasteiger partial charge on any atom is 0.314 e. The van der Waals surface area contributed by atoms with Crippen LogP contribution in [0.15, 0.2) is 48.8 Å². The van der Waals surface area contributed by atoms with Gasteiger partial charge < -0.3 is 20.5 Å². The third-order valence-corrected chi connectivity index (χ3v) is 4.14. The quantitative estimate of drug-likeness (QED) is 0.617. The third-order valence-electron chi connectivity index (χ3n) is 4.14. The van der Waals surface area contributed by atoms with Crippen molar-refractivity contribution < 1.29 is 9.59 Å². The van der Waals surface area contributed by atoms with E-state index < -0.39 is 11.8 Å². The second kappa shape index (κ2) is 7.69. The molecule has 26 heavy (non-hydrogen) atoms. The number of aromatic amines is 1. The fourth-order valence-electron chi connectivity index (χ4n) is 2.73. The zero-order chi connectivity index (χ0) is 18.5. The molecule has 0 aliphatic rings. The van der Waals surface area contributed by atoms with E-state index in [1.807, 2.05) is 12.1 Å². The van der Waals surface area contributed by atoms with Gasteiger partial charge in [-0.15, -0.1) is 0 Å². The van der Waals surface area contributed by atoms with Crippen LogP contribution in [0.3, 0.4) is 0 Å². The first-order chi connectivity index (χ1) is 12.6. The smallest absolute Gasteiger partial charge is 0.314 e. The molecular weight excluding hydrogens is 330 g/mol. The number of fused-ring (bicyclic) bond motifs is 1. The van der Waals surface area contributed by atoms with E-state index in [-0.39, 0.29) is 0 Å². The van der Waals surface area contributed by atoms with Gasteiger partial charge in [0.25, 0.3) is 0 Å². The van der Waals surface area contributed by atoms with Crippen LogP contribution < -0.4 is 15.5 Å². The molecule has 1 aromatic heterocycles. The van der Waals surface area contributed by atoms with Crippen molar-refractivity contribution in [1.82, 2.24) is 9.97 Å². The molecule has 7 nitrogen and oxygen atoms in total. The first-order valence-electron chi connectivity index (χ1n) is 8.51. The summed E-state index contributed by atoms with van der Waals surface area (Å²) in [5, 5.41) is 5.19. The minimum absolute atomic E-state index is 0.527. The first-order valence-corrected chi connectivity index (χ1v) is 8.51. The van der Waals surface area contributed by atoms with Crippen LogP contribution >= 0.6 is 0 Å². The van der Waals surface area contributed by atoms with Crippen molar-refractivity contribution in [2.75, 3.05) is 28.6 Å². The van der Waals surface area contributed by atoms with Crippen LogP contribution in [-0.4, -0.2) is 34.9 Å². The van der Waals surface area contributed by atoms with E-state index in [0.29, 0.717) is 11.4 Å². The number of anilines is 3. The molecule has 3 rings (SSSR count). The molecule has 0 fully saturated rings. The van der Waals surface area contributed by atoms with E-state index in [4.69, 9.17) is 0 Å². The highest BCUT2D eigenvalue weighted by Gasteiger charge is 2.14. The molecule has 0 atom stereocenters. The summed E-state index contributed by atoms with van der Waals surface area (Å²) < 4.78 is 0. The maximum absolute atomic E-state index is 12.1. The predicted octanol–water partition coefficient (Wildman–Crippen LogP) is 2.99. The molecule has 0 saturated carbocycles. The summed E-state index contributed by atoms with van der Waals surface area (Å²) in [5.74, 6) is -1.44. The van der Waals surface area contributed by atoms with E-state index >= 15 is 0 Å². The Balaban J connectivity index is 1.62. The van der Waals surface area contributed by atoms with Crippen molar-refractivity contribution in [2.45, 2.75) is 13.8 Å². The van der Waals surface area contributed by atoms with Gasteiger partial charge in [-0.1, -0.05) is 0 Å². The van der Waals surface area contributed by atoms with Gasteiger partial charge in [0.2, 0.25) is 0 Å². The zero-order valence-corrected chi connectivity index (χ0v) is 14.7. The number of carbonyl (C=O) groups is 2. The summed E-state index contributed by atoms with van der Waals surface area (Å²) in [4.78, 5) is 33.5. The summed E-state index contributed by atoms with van der Waals surface area (Å²) >= 11 is 0. The van der Waals surface area contributed by atoms with Gasteiger partial charge in [-0.2, -0.15) is 0 Å². The lowest BCUT2D eigenvalue weighted by molar-refractivity contribution is -0.132. The molecule has 0 aliphatic carbocycles. The molecule has 134 valence electrons. The van der Waals surface area contributed by atoms with Gasteiger partial charge >= 0.3 is 11.8 Å². The highest BCUT2D eigenvalue weighted by atomic mass is 16.2. The molecule has 0 spiro atoms. The number of carbonyl (C=O) groups excluding carboxylic acids is 2. The fourth-order valence-corrected chi connectivity index (χ4v) is 2.73. The topological polar surface area (TPSA) is 90.1 Å². The SMILES string of the molecule is CCN(CC)c1ccc(NC(=O)C(=O)Nc2ccc3nc[nH]c3c2)cc1. The van der Waals surface area contributed by atoms with E-state index in [0.717, 1.165) is 29.8 Å². The molecule has 1 heterocycles. The Morgan fingerprint density at radius 1 is 0.962 bits per heavy atom. The molecule has 0 unspecified atom stereocenters. The Morgan fingerprint density at radius 2 is 1.58 bits per heavy atom. The van der Waals surface area contributed by atoms with Crippen LogP contribution in [0, 0.1) is 0 Å². The molecule has 2 amide bonds. The van der Waals surface area contributed by atoms with Crippen LogP contribution in [0.2, 0.25) is 0 Å². The number of nitrogens with one attached hydrogen (secondary N) is 3. The van der Waals surface area contributed by atoms with E-state index in [1.54, 1.807) is 36.7 Å². The Kier molecular flexibility index (Phi) is 5.17. The molecule has 0 aliphatic heterocycles. The van der Waals surface area contributed by atoms with Gasteiger partial charge in [0.05, 0.1) is 17.4 Å². The summed E-state index contributed by atoms with van der Waals surface area (Å²) in [6.45, 7) is 5.99. The van der Waals surface area contributed by atoms with Crippen LogP contribution in [0.5, 0.6) is 0 Å². The van der Waals surface area contributed by atoms with Crippen LogP contribution in [0.1, 0.15) is 13.8 Å². The largest absolute Gasteiger partial charge is 0.372 e. The zero-order valence-electron chi connectivity index (χ0n) is 14.7. The number of rotatable bonds is 5. The summed E-state index contributed by atoms with van der Waals surface area (Å²) in [6.07, 6.45) is 1.57. The molecule has 3 aromatic rings.